The van der Waals surface area contributed by atoms with Crippen LogP contribution in [0.2, 0.25) is 0 Å². The summed E-state index contributed by atoms with van der Waals surface area (Å²) in [5, 5.41) is 1.27. The number of aryl methyl sites for hydroxylation is 1. The minimum atomic E-state index is 0.864. The number of hydrogen-bond donors (Lipinski definition) is 0. The Hall–Kier alpha value is -1.56. The summed E-state index contributed by atoms with van der Waals surface area (Å²) in [4.78, 5) is 13.7. The number of fused-ring (bicyclic) bond motifs is 1. The van der Waals surface area contributed by atoms with Crippen LogP contribution in [0.4, 0.5) is 5.82 Å². The monoisotopic (exact) mass is 438 g/mol. The highest BCUT2D eigenvalue weighted by Gasteiger charge is 2.19. The summed E-state index contributed by atoms with van der Waals surface area (Å²) in [6.07, 6.45) is 4.50. The highest BCUT2D eigenvalue weighted by atomic mass is 32.1. The molecule has 1 unspecified atom stereocenters. The minimum absolute atomic E-state index is 0.864. The third-order valence-electron chi connectivity index (χ3n) is 7.05. The van der Waals surface area contributed by atoms with Crippen molar-refractivity contribution in [2.75, 3.05) is 57.3 Å². The molecule has 2 aliphatic heterocycles. The van der Waals surface area contributed by atoms with Crippen LogP contribution in [-0.4, -0.2) is 72.0 Å². The van der Waals surface area contributed by atoms with E-state index in [-0.39, 0.29) is 0 Å². The summed E-state index contributed by atoms with van der Waals surface area (Å²) in [5.41, 5.74) is 3.74. The molecule has 31 heavy (non-hydrogen) atoms. The van der Waals surface area contributed by atoms with E-state index in [4.69, 9.17) is 17.2 Å². The van der Waals surface area contributed by atoms with Crippen molar-refractivity contribution in [2.45, 2.75) is 46.5 Å². The first-order valence-corrected chi connectivity index (χ1v) is 12.5. The van der Waals surface area contributed by atoms with Crippen molar-refractivity contribution in [1.29, 1.82) is 0 Å². The van der Waals surface area contributed by atoms with E-state index in [0.717, 1.165) is 62.8 Å². The molecule has 0 spiro atoms. The van der Waals surface area contributed by atoms with Crippen molar-refractivity contribution in [1.82, 2.24) is 14.8 Å². The molecule has 4 nitrogen and oxygen atoms in total. The van der Waals surface area contributed by atoms with E-state index in [0.29, 0.717) is 0 Å². The molecule has 2 fully saturated rings. The van der Waals surface area contributed by atoms with Crippen molar-refractivity contribution in [2.24, 2.45) is 5.92 Å². The molecule has 0 amide bonds. The zero-order chi connectivity index (χ0) is 21.8. The molecule has 4 rings (SSSR count). The second-order valence-corrected chi connectivity index (χ2v) is 10.2. The third-order valence-corrected chi connectivity index (χ3v) is 7.40. The molecule has 2 aromatic rings. The van der Waals surface area contributed by atoms with Gasteiger partial charge >= 0.3 is 0 Å². The Kier molecular flexibility index (Phi) is 7.57. The van der Waals surface area contributed by atoms with Crippen molar-refractivity contribution < 1.29 is 0 Å². The Bertz CT molecular complexity index is 904. The molecule has 1 aromatic carbocycles. The van der Waals surface area contributed by atoms with Crippen LogP contribution in [0.15, 0.2) is 24.3 Å². The van der Waals surface area contributed by atoms with Crippen molar-refractivity contribution in [3.05, 3.63) is 35.4 Å². The van der Waals surface area contributed by atoms with Gasteiger partial charge in [-0.3, -0.25) is 0 Å². The Morgan fingerprint density at radius 3 is 2.61 bits per heavy atom. The lowest BCUT2D eigenvalue weighted by Gasteiger charge is -2.35. The van der Waals surface area contributed by atoms with Crippen molar-refractivity contribution in [3.63, 3.8) is 0 Å². The van der Waals surface area contributed by atoms with Gasteiger partial charge in [0.15, 0.2) is 0 Å². The summed E-state index contributed by atoms with van der Waals surface area (Å²) in [5.74, 6) is 1.99. The van der Waals surface area contributed by atoms with Gasteiger partial charge in [-0.05, 0) is 85.9 Å². The molecule has 0 saturated carbocycles. The average Bonchev–Trinajstić information content (AvgIpc) is 3.19. The zero-order valence-corrected chi connectivity index (χ0v) is 20.4. The van der Waals surface area contributed by atoms with E-state index in [1.54, 1.807) is 0 Å². The molecular formula is C26H38N4S. The van der Waals surface area contributed by atoms with E-state index in [1.807, 2.05) is 0 Å². The molecule has 0 bridgehead atoms. The van der Waals surface area contributed by atoms with Gasteiger partial charge in [-0.15, -0.1) is 0 Å². The molecule has 0 N–H and O–H groups in total. The largest absolute Gasteiger partial charge is 0.354 e. The number of benzene rings is 1. The topological polar surface area (TPSA) is 22.6 Å². The number of aromatic nitrogens is 1. The fourth-order valence-electron chi connectivity index (χ4n) is 5.03. The van der Waals surface area contributed by atoms with Gasteiger partial charge in [-0.2, -0.15) is 0 Å². The normalized spacial score (nSPS) is 20.6. The highest BCUT2D eigenvalue weighted by Crippen LogP contribution is 2.25. The van der Waals surface area contributed by atoms with Gasteiger partial charge in [0.2, 0.25) is 0 Å². The maximum absolute atomic E-state index is 5.74. The number of nitrogens with zero attached hydrogens (tertiary/aromatic N) is 4. The van der Waals surface area contributed by atoms with E-state index in [1.165, 1.54) is 53.9 Å². The van der Waals surface area contributed by atoms with Gasteiger partial charge in [0.1, 0.15) is 5.82 Å². The molecule has 3 heterocycles. The number of pyridine rings is 1. The van der Waals surface area contributed by atoms with E-state index in [9.17, 15) is 0 Å². The van der Waals surface area contributed by atoms with Gasteiger partial charge in [0.25, 0.3) is 0 Å². The Morgan fingerprint density at radius 1 is 1.10 bits per heavy atom. The Morgan fingerprint density at radius 2 is 1.90 bits per heavy atom. The highest BCUT2D eigenvalue weighted by molar-refractivity contribution is 7.80. The minimum Gasteiger partial charge on any atom is -0.354 e. The predicted molar refractivity (Wildman–Crippen MR) is 137 cm³/mol. The van der Waals surface area contributed by atoms with Crippen LogP contribution in [-0.2, 0) is 6.42 Å². The molecule has 0 aliphatic carbocycles. The van der Waals surface area contributed by atoms with Crippen molar-refractivity contribution in [3.8, 4) is 0 Å². The number of hydrogen-bond acceptors (Lipinski definition) is 5. The summed E-state index contributed by atoms with van der Waals surface area (Å²) < 4.78 is 0. The maximum atomic E-state index is 5.74. The molecule has 1 aromatic heterocycles. The molecule has 5 heteroatoms. The second kappa shape index (κ2) is 10.4. The third kappa shape index (κ3) is 5.82. The molecule has 2 saturated heterocycles. The fraction of sp³-hybridized carbons (Fsp3) is 0.615. The molecule has 1 atom stereocenters. The maximum Gasteiger partial charge on any atom is 0.129 e. The Balaban J connectivity index is 1.35. The molecule has 0 radical (unpaired) electrons. The summed E-state index contributed by atoms with van der Waals surface area (Å²) in [6.45, 7) is 16.1. The van der Waals surface area contributed by atoms with Crippen LogP contribution in [0.1, 0.15) is 44.2 Å². The zero-order valence-electron chi connectivity index (χ0n) is 19.6. The van der Waals surface area contributed by atoms with E-state index < -0.39 is 0 Å². The van der Waals surface area contributed by atoms with Crippen LogP contribution in [0.5, 0.6) is 0 Å². The lowest BCUT2D eigenvalue weighted by atomic mass is 10.0. The van der Waals surface area contributed by atoms with E-state index >= 15 is 0 Å². The van der Waals surface area contributed by atoms with Gasteiger partial charge < -0.3 is 14.7 Å². The first-order valence-electron chi connectivity index (χ1n) is 12.1. The van der Waals surface area contributed by atoms with Crippen LogP contribution < -0.4 is 4.90 Å². The molecule has 2 aliphatic rings. The Labute approximate surface area is 193 Å². The SMILES string of the molecule is CCN1CCN(c2cc(C)c3cc(CC(=S)CCCN4CCC(C)C4)ccc3n2)CC1. The van der Waals surface area contributed by atoms with Crippen LogP contribution >= 0.6 is 12.2 Å². The second-order valence-electron chi connectivity index (χ2n) is 9.58. The molecular weight excluding hydrogens is 400 g/mol. The fourth-order valence-corrected chi connectivity index (χ4v) is 5.35. The first-order chi connectivity index (χ1) is 15.0. The number of thiocarbonyl (C=S) groups is 1. The first kappa shape index (κ1) is 22.6. The predicted octanol–water partition coefficient (Wildman–Crippen LogP) is 4.72. The number of likely N-dealkylation sites (N-methyl/N-ethyl adjacent to an activating group) is 1. The van der Waals surface area contributed by atoms with Crippen LogP contribution in [0.3, 0.4) is 0 Å². The van der Waals surface area contributed by atoms with Crippen molar-refractivity contribution >= 4 is 33.8 Å². The lowest BCUT2D eigenvalue weighted by Crippen LogP contribution is -2.46. The van der Waals surface area contributed by atoms with E-state index in [2.05, 4.69) is 59.7 Å². The smallest absolute Gasteiger partial charge is 0.129 e. The number of piperazine rings is 1. The molecule has 168 valence electrons. The summed E-state index contributed by atoms with van der Waals surface area (Å²) in [7, 11) is 0. The lowest BCUT2D eigenvalue weighted by molar-refractivity contribution is 0.270. The summed E-state index contributed by atoms with van der Waals surface area (Å²) >= 11 is 5.74. The van der Waals surface area contributed by atoms with Gasteiger partial charge in [0, 0.05) is 44.5 Å². The van der Waals surface area contributed by atoms with Gasteiger partial charge in [-0.1, -0.05) is 32.1 Å². The standard InChI is InChI=1S/C26H38N4S/c1-4-28-12-14-30(15-13-28)26-16-21(3)24-18-22(7-8-25(24)27-26)17-23(31)6-5-10-29-11-9-20(2)19-29/h7-8,16,18,20H,4-6,9-15,17,19H2,1-3H3. The van der Waals surface area contributed by atoms with Crippen LogP contribution in [0.25, 0.3) is 10.9 Å². The quantitative estimate of drug-likeness (QED) is 0.555. The number of anilines is 1. The summed E-state index contributed by atoms with van der Waals surface area (Å²) in [6, 6.07) is 8.99. The van der Waals surface area contributed by atoms with Crippen LogP contribution in [0, 0.1) is 12.8 Å². The average molecular weight is 439 g/mol. The number of likely N-dealkylation sites (tertiary alicyclic amines) is 1. The number of rotatable bonds is 8. The van der Waals surface area contributed by atoms with Gasteiger partial charge in [-0.25, -0.2) is 4.98 Å². The van der Waals surface area contributed by atoms with Gasteiger partial charge in [0.05, 0.1) is 5.52 Å².